The SMILES string of the molecule is COc1cc(Cl)cc2c(C=O)c[nH]c12. The molecule has 1 heterocycles. The molecule has 1 aromatic carbocycles. The summed E-state index contributed by atoms with van der Waals surface area (Å²) in [5.41, 5.74) is 1.37. The van der Waals surface area contributed by atoms with Gasteiger partial charge in [0.1, 0.15) is 5.75 Å². The molecule has 2 rings (SSSR count). The Hall–Kier alpha value is -1.48. The molecule has 0 spiro atoms. The highest BCUT2D eigenvalue weighted by Crippen LogP contribution is 2.30. The number of nitrogens with one attached hydrogen (secondary N) is 1. The average Bonchev–Trinajstić information content (AvgIpc) is 2.59. The smallest absolute Gasteiger partial charge is 0.152 e. The number of fused-ring (bicyclic) bond motifs is 1. The van der Waals surface area contributed by atoms with E-state index in [1.807, 2.05) is 0 Å². The molecule has 72 valence electrons. The lowest BCUT2D eigenvalue weighted by Gasteiger charge is -2.02. The number of aromatic nitrogens is 1. The summed E-state index contributed by atoms with van der Waals surface area (Å²) in [5, 5.41) is 1.33. The zero-order chi connectivity index (χ0) is 10.1. The minimum absolute atomic E-state index is 0.553. The molecule has 0 saturated carbocycles. The highest BCUT2D eigenvalue weighted by molar-refractivity contribution is 6.31. The third kappa shape index (κ3) is 1.26. The van der Waals surface area contributed by atoms with Crippen LogP contribution in [0.25, 0.3) is 10.9 Å². The topological polar surface area (TPSA) is 42.1 Å². The Bertz CT molecular complexity index is 490. The largest absolute Gasteiger partial charge is 0.495 e. The van der Waals surface area contributed by atoms with Gasteiger partial charge in [0.15, 0.2) is 6.29 Å². The molecule has 14 heavy (non-hydrogen) atoms. The van der Waals surface area contributed by atoms with E-state index >= 15 is 0 Å². The number of methoxy groups -OCH3 is 1. The quantitative estimate of drug-likeness (QED) is 0.773. The molecule has 0 atom stereocenters. The van der Waals surface area contributed by atoms with Gasteiger partial charge in [-0.2, -0.15) is 0 Å². The standard InChI is InChI=1S/C10H8ClNO2/c1-14-9-3-7(11)2-8-6(5-13)4-12-10(8)9/h2-5,12H,1H3. The van der Waals surface area contributed by atoms with Crippen LogP contribution in [0.2, 0.25) is 5.02 Å². The van der Waals surface area contributed by atoms with Crippen LogP contribution in [0.4, 0.5) is 0 Å². The van der Waals surface area contributed by atoms with Crippen molar-refractivity contribution in [3.63, 3.8) is 0 Å². The maximum atomic E-state index is 10.7. The lowest BCUT2D eigenvalue weighted by Crippen LogP contribution is -1.84. The molecule has 0 radical (unpaired) electrons. The van der Waals surface area contributed by atoms with Crippen molar-refractivity contribution in [1.29, 1.82) is 0 Å². The summed E-state index contributed by atoms with van der Waals surface area (Å²) in [6.07, 6.45) is 2.42. The Morgan fingerprint density at radius 1 is 1.50 bits per heavy atom. The van der Waals surface area contributed by atoms with Crippen LogP contribution in [0, 0.1) is 0 Å². The van der Waals surface area contributed by atoms with Gasteiger partial charge in [0.05, 0.1) is 12.6 Å². The van der Waals surface area contributed by atoms with Crippen molar-refractivity contribution >= 4 is 28.8 Å². The van der Waals surface area contributed by atoms with Crippen LogP contribution < -0.4 is 4.74 Å². The van der Waals surface area contributed by atoms with E-state index in [1.54, 1.807) is 25.4 Å². The number of aromatic amines is 1. The highest BCUT2D eigenvalue weighted by Gasteiger charge is 2.08. The Kier molecular flexibility index (Phi) is 2.17. The fourth-order valence-electron chi connectivity index (χ4n) is 1.44. The first kappa shape index (κ1) is 9.09. The number of aldehydes is 1. The Morgan fingerprint density at radius 3 is 2.93 bits per heavy atom. The molecule has 0 bridgehead atoms. The van der Waals surface area contributed by atoms with E-state index in [0.29, 0.717) is 16.3 Å². The van der Waals surface area contributed by atoms with Gasteiger partial charge >= 0.3 is 0 Å². The van der Waals surface area contributed by atoms with Crippen molar-refractivity contribution < 1.29 is 9.53 Å². The van der Waals surface area contributed by atoms with Crippen LogP contribution in [-0.2, 0) is 0 Å². The maximum Gasteiger partial charge on any atom is 0.152 e. The van der Waals surface area contributed by atoms with Crippen LogP contribution in [0.15, 0.2) is 18.3 Å². The first-order valence-corrected chi connectivity index (χ1v) is 4.44. The van der Waals surface area contributed by atoms with Gasteiger partial charge in [0.25, 0.3) is 0 Å². The minimum Gasteiger partial charge on any atom is -0.495 e. The fourth-order valence-corrected chi connectivity index (χ4v) is 1.65. The fraction of sp³-hybridized carbons (Fsp3) is 0.100. The normalized spacial score (nSPS) is 10.4. The second kappa shape index (κ2) is 3.35. The van der Waals surface area contributed by atoms with E-state index in [9.17, 15) is 4.79 Å². The minimum atomic E-state index is 0.553. The van der Waals surface area contributed by atoms with E-state index in [0.717, 1.165) is 17.2 Å². The number of hydrogen-bond acceptors (Lipinski definition) is 2. The average molecular weight is 210 g/mol. The molecule has 0 amide bonds. The Balaban J connectivity index is 2.83. The third-order valence-electron chi connectivity index (χ3n) is 2.10. The van der Waals surface area contributed by atoms with Crippen LogP contribution in [0.3, 0.4) is 0 Å². The van der Waals surface area contributed by atoms with Crippen molar-refractivity contribution in [2.24, 2.45) is 0 Å². The van der Waals surface area contributed by atoms with Gasteiger partial charge in [-0.15, -0.1) is 0 Å². The summed E-state index contributed by atoms with van der Waals surface area (Å²) < 4.78 is 5.13. The summed E-state index contributed by atoms with van der Waals surface area (Å²) in [7, 11) is 1.56. The first-order chi connectivity index (χ1) is 6.76. The number of carbonyl (C=O) groups excluding carboxylic acids is 1. The van der Waals surface area contributed by atoms with Crippen LogP contribution in [-0.4, -0.2) is 18.4 Å². The molecule has 3 nitrogen and oxygen atoms in total. The van der Waals surface area contributed by atoms with Gasteiger partial charge in [0, 0.05) is 28.2 Å². The number of rotatable bonds is 2. The molecule has 0 saturated heterocycles. The molecule has 0 fully saturated rings. The van der Waals surface area contributed by atoms with E-state index < -0.39 is 0 Å². The number of hydrogen-bond donors (Lipinski definition) is 1. The second-order valence-electron chi connectivity index (χ2n) is 2.89. The van der Waals surface area contributed by atoms with Gasteiger partial charge in [-0.1, -0.05) is 11.6 Å². The van der Waals surface area contributed by atoms with Crippen molar-refractivity contribution in [3.8, 4) is 5.75 Å². The van der Waals surface area contributed by atoms with Crippen molar-refractivity contribution in [3.05, 3.63) is 28.9 Å². The lowest BCUT2D eigenvalue weighted by molar-refractivity contribution is 0.112. The summed E-state index contributed by atoms with van der Waals surface area (Å²) in [5.74, 6) is 0.639. The predicted molar refractivity (Wildman–Crippen MR) is 55.2 cm³/mol. The van der Waals surface area contributed by atoms with Gasteiger partial charge < -0.3 is 9.72 Å². The summed E-state index contributed by atoms with van der Waals surface area (Å²) >= 11 is 5.88. The van der Waals surface area contributed by atoms with Crippen LogP contribution >= 0.6 is 11.6 Å². The van der Waals surface area contributed by atoms with Crippen molar-refractivity contribution in [2.75, 3.05) is 7.11 Å². The van der Waals surface area contributed by atoms with Crippen LogP contribution in [0.5, 0.6) is 5.75 Å². The van der Waals surface area contributed by atoms with Gasteiger partial charge in [-0.25, -0.2) is 0 Å². The highest BCUT2D eigenvalue weighted by atomic mass is 35.5. The van der Waals surface area contributed by atoms with Crippen molar-refractivity contribution in [2.45, 2.75) is 0 Å². The number of carbonyl (C=O) groups is 1. The second-order valence-corrected chi connectivity index (χ2v) is 3.33. The van der Waals surface area contributed by atoms with E-state index in [2.05, 4.69) is 4.98 Å². The maximum absolute atomic E-state index is 10.7. The molecule has 0 aliphatic carbocycles. The number of H-pyrrole nitrogens is 1. The van der Waals surface area contributed by atoms with E-state index in [-0.39, 0.29) is 0 Å². The molecule has 4 heteroatoms. The van der Waals surface area contributed by atoms with Gasteiger partial charge in [-0.05, 0) is 6.07 Å². The monoisotopic (exact) mass is 209 g/mol. The number of ether oxygens (including phenoxy) is 1. The van der Waals surface area contributed by atoms with E-state index in [1.165, 1.54) is 0 Å². The molecule has 0 aliphatic heterocycles. The summed E-state index contributed by atoms with van der Waals surface area (Å²) in [4.78, 5) is 13.7. The molecular formula is C10H8ClNO2. The molecule has 2 aromatic rings. The van der Waals surface area contributed by atoms with Gasteiger partial charge in [-0.3, -0.25) is 4.79 Å². The molecule has 1 N–H and O–H groups in total. The Labute approximate surface area is 85.6 Å². The number of benzene rings is 1. The molecular weight excluding hydrogens is 202 g/mol. The predicted octanol–water partition coefficient (Wildman–Crippen LogP) is 2.64. The van der Waals surface area contributed by atoms with Crippen LogP contribution in [0.1, 0.15) is 10.4 Å². The van der Waals surface area contributed by atoms with Gasteiger partial charge in [0.2, 0.25) is 0 Å². The number of halogens is 1. The lowest BCUT2D eigenvalue weighted by atomic mass is 10.2. The first-order valence-electron chi connectivity index (χ1n) is 4.06. The zero-order valence-corrected chi connectivity index (χ0v) is 8.26. The summed E-state index contributed by atoms with van der Waals surface area (Å²) in [6.45, 7) is 0. The zero-order valence-electron chi connectivity index (χ0n) is 7.50. The summed E-state index contributed by atoms with van der Waals surface area (Å²) in [6, 6.07) is 3.44. The molecule has 0 aliphatic rings. The Morgan fingerprint density at radius 2 is 2.29 bits per heavy atom. The molecule has 1 aromatic heterocycles. The third-order valence-corrected chi connectivity index (χ3v) is 2.32. The van der Waals surface area contributed by atoms with E-state index in [4.69, 9.17) is 16.3 Å². The van der Waals surface area contributed by atoms with Crippen molar-refractivity contribution in [1.82, 2.24) is 4.98 Å². The molecule has 0 unspecified atom stereocenters.